The lowest BCUT2D eigenvalue weighted by atomic mass is 9.46. The monoisotopic (exact) mass is 473 g/mol. The van der Waals surface area contributed by atoms with Crippen LogP contribution in [-0.4, -0.2) is 17.0 Å². The minimum Gasteiger partial charge on any atom is -0.462 e. The second-order valence-electron chi connectivity index (χ2n) is 13.2. The van der Waals surface area contributed by atoms with Crippen molar-refractivity contribution in [2.75, 3.05) is 0 Å². The van der Waals surface area contributed by atoms with Gasteiger partial charge in [-0.15, -0.1) is 0 Å². The molecule has 5 nitrogen and oxygen atoms in total. The van der Waals surface area contributed by atoms with E-state index >= 15 is 0 Å². The zero-order chi connectivity index (χ0) is 24.8. The molecule has 0 aliphatic heterocycles. The Balaban J connectivity index is 1.58. The topological polar surface area (TPSA) is 69.4 Å². The number of hydrogen-bond acceptors (Lipinski definition) is 4. The van der Waals surface area contributed by atoms with Crippen LogP contribution in [0.4, 0.5) is 0 Å². The molecule has 0 spiro atoms. The number of ether oxygens (including phenoxy) is 1. The molecule has 0 saturated heterocycles. The third-order valence-corrected chi connectivity index (χ3v) is 10.9. The largest absolute Gasteiger partial charge is 0.462 e. The van der Waals surface area contributed by atoms with E-state index in [1.165, 1.54) is 51.9 Å². The number of rotatable bonds is 7. The Morgan fingerprint density at radius 3 is 2.44 bits per heavy atom. The standard InChI is InChI=1S/C29H47NO4/c1-18(2)8-7-9-19(3)23-10-11-24-22-17-27(30(32)33)26-16-21(34-20(4)31)12-14-29(26,6)25(22)13-15-28(23,24)5/h18-19,21-25H,7-17H2,1-6H3/t19-,21+,22-,23-,24+,25-,28+,29+/m0/s1. The lowest BCUT2D eigenvalue weighted by Crippen LogP contribution is -2.52. The van der Waals surface area contributed by atoms with Crippen molar-refractivity contribution in [3.8, 4) is 0 Å². The van der Waals surface area contributed by atoms with Gasteiger partial charge in [0.1, 0.15) is 6.10 Å². The van der Waals surface area contributed by atoms with E-state index in [1.807, 2.05) is 0 Å². The number of nitrogens with zero attached hydrogens (tertiary/aromatic N) is 1. The van der Waals surface area contributed by atoms with Gasteiger partial charge in [0.25, 0.3) is 0 Å². The normalized spacial score (nSPS) is 40.4. The first-order valence-electron chi connectivity index (χ1n) is 14.0. The van der Waals surface area contributed by atoms with Gasteiger partial charge in [-0.1, -0.05) is 53.9 Å². The molecule has 3 fully saturated rings. The predicted octanol–water partition coefficient (Wildman–Crippen LogP) is 7.56. The van der Waals surface area contributed by atoms with Gasteiger partial charge in [0.2, 0.25) is 5.70 Å². The fourth-order valence-electron chi connectivity index (χ4n) is 9.29. The fraction of sp³-hybridized carbons (Fsp3) is 0.897. The minimum absolute atomic E-state index is 0.0904. The van der Waals surface area contributed by atoms with Crippen molar-refractivity contribution in [2.24, 2.45) is 46.3 Å². The predicted molar refractivity (Wildman–Crippen MR) is 135 cm³/mol. The van der Waals surface area contributed by atoms with Gasteiger partial charge in [-0.3, -0.25) is 14.9 Å². The Kier molecular flexibility index (Phi) is 7.24. The van der Waals surface area contributed by atoms with Crippen molar-refractivity contribution in [1.82, 2.24) is 0 Å². The van der Waals surface area contributed by atoms with E-state index in [4.69, 9.17) is 4.74 Å². The maximum absolute atomic E-state index is 12.3. The Morgan fingerprint density at radius 1 is 1.06 bits per heavy atom. The number of esters is 1. The van der Waals surface area contributed by atoms with Crippen LogP contribution in [-0.2, 0) is 9.53 Å². The molecule has 0 aromatic heterocycles. The maximum Gasteiger partial charge on any atom is 0.302 e. The highest BCUT2D eigenvalue weighted by Gasteiger charge is 2.61. The second-order valence-corrected chi connectivity index (χ2v) is 13.2. The molecule has 0 unspecified atom stereocenters. The lowest BCUT2D eigenvalue weighted by Gasteiger charge is -2.58. The smallest absolute Gasteiger partial charge is 0.302 e. The van der Waals surface area contributed by atoms with Crippen molar-refractivity contribution in [2.45, 2.75) is 118 Å². The third kappa shape index (κ3) is 4.46. The zero-order valence-electron chi connectivity index (χ0n) is 22.4. The molecule has 0 N–H and O–H groups in total. The molecule has 3 saturated carbocycles. The fourth-order valence-corrected chi connectivity index (χ4v) is 9.29. The minimum atomic E-state index is -0.279. The summed E-state index contributed by atoms with van der Waals surface area (Å²) < 4.78 is 5.53. The molecular weight excluding hydrogens is 426 g/mol. The van der Waals surface area contributed by atoms with Gasteiger partial charge < -0.3 is 4.74 Å². The summed E-state index contributed by atoms with van der Waals surface area (Å²) in [4.78, 5) is 23.8. The Morgan fingerprint density at radius 2 is 1.79 bits per heavy atom. The Bertz CT molecular complexity index is 834. The van der Waals surface area contributed by atoms with E-state index in [0.717, 1.165) is 36.2 Å². The molecular formula is C29H47NO4. The van der Waals surface area contributed by atoms with E-state index in [0.29, 0.717) is 41.7 Å². The zero-order valence-corrected chi connectivity index (χ0v) is 22.4. The molecule has 8 atom stereocenters. The third-order valence-electron chi connectivity index (χ3n) is 10.9. The quantitative estimate of drug-likeness (QED) is 0.217. The number of allylic oxidation sites excluding steroid dienone is 1. The molecule has 0 bridgehead atoms. The summed E-state index contributed by atoms with van der Waals surface area (Å²) in [5, 5.41) is 12.3. The van der Waals surface area contributed by atoms with E-state index in [1.54, 1.807) is 0 Å². The van der Waals surface area contributed by atoms with E-state index in [2.05, 4.69) is 34.6 Å². The molecule has 0 aromatic carbocycles. The van der Waals surface area contributed by atoms with Crippen molar-refractivity contribution in [3.63, 3.8) is 0 Å². The summed E-state index contributed by atoms with van der Waals surface area (Å²) >= 11 is 0. The van der Waals surface area contributed by atoms with Crippen LogP contribution in [0.15, 0.2) is 11.3 Å². The van der Waals surface area contributed by atoms with Crippen LogP contribution in [0.2, 0.25) is 0 Å². The molecule has 4 rings (SSSR count). The van der Waals surface area contributed by atoms with Gasteiger partial charge in [-0.25, -0.2) is 0 Å². The number of carbonyl (C=O) groups excluding carboxylic acids is 1. The van der Waals surface area contributed by atoms with E-state index in [-0.39, 0.29) is 22.4 Å². The first-order valence-corrected chi connectivity index (χ1v) is 14.0. The van der Waals surface area contributed by atoms with Crippen LogP contribution in [0.3, 0.4) is 0 Å². The molecule has 4 aliphatic rings. The SMILES string of the molecule is CC(=O)O[C@@H]1CC[C@@]2(C)C(=C([N+](=O)[O-])C[C@H]3[C@H]4CC[C@@H]([C@@H](C)CCCC(C)C)[C@@]4(C)CC[C@@H]32)C1. The van der Waals surface area contributed by atoms with Crippen LogP contribution >= 0.6 is 0 Å². The van der Waals surface area contributed by atoms with Crippen molar-refractivity contribution in [3.05, 3.63) is 21.4 Å². The van der Waals surface area contributed by atoms with Gasteiger partial charge in [-0.05, 0) is 84.9 Å². The van der Waals surface area contributed by atoms with E-state index < -0.39 is 0 Å². The summed E-state index contributed by atoms with van der Waals surface area (Å²) in [6.45, 7) is 13.4. The van der Waals surface area contributed by atoms with Gasteiger partial charge in [-0.2, -0.15) is 0 Å². The number of carbonyl (C=O) groups is 1. The molecule has 34 heavy (non-hydrogen) atoms. The first kappa shape index (κ1) is 25.7. The molecule has 0 amide bonds. The summed E-state index contributed by atoms with van der Waals surface area (Å²) in [6, 6.07) is 0. The van der Waals surface area contributed by atoms with Gasteiger partial charge in [0, 0.05) is 25.3 Å². The summed E-state index contributed by atoms with van der Waals surface area (Å²) in [7, 11) is 0. The first-order chi connectivity index (χ1) is 16.0. The highest BCUT2D eigenvalue weighted by molar-refractivity contribution is 5.66. The highest BCUT2D eigenvalue weighted by atomic mass is 16.6. The van der Waals surface area contributed by atoms with Crippen LogP contribution in [0.1, 0.15) is 112 Å². The van der Waals surface area contributed by atoms with Gasteiger partial charge in [0.15, 0.2) is 0 Å². The van der Waals surface area contributed by atoms with E-state index in [9.17, 15) is 14.9 Å². The van der Waals surface area contributed by atoms with Crippen LogP contribution in [0.25, 0.3) is 0 Å². The highest BCUT2D eigenvalue weighted by Crippen LogP contribution is 2.68. The van der Waals surface area contributed by atoms with Gasteiger partial charge >= 0.3 is 5.97 Å². The van der Waals surface area contributed by atoms with Crippen LogP contribution in [0.5, 0.6) is 0 Å². The summed E-state index contributed by atoms with van der Waals surface area (Å²) in [5.41, 5.74) is 1.66. The van der Waals surface area contributed by atoms with Crippen LogP contribution < -0.4 is 0 Å². The summed E-state index contributed by atoms with van der Waals surface area (Å²) in [6.07, 6.45) is 11.6. The van der Waals surface area contributed by atoms with Crippen molar-refractivity contribution in [1.29, 1.82) is 0 Å². The summed E-state index contributed by atoms with van der Waals surface area (Å²) in [5.74, 6) is 3.53. The molecule has 0 heterocycles. The Labute approximate surface area is 206 Å². The Hall–Kier alpha value is -1.39. The van der Waals surface area contributed by atoms with Crippen LogP contribution in [0, 0.1) is 56.5 Å². The second kappa shape index (κ2) is 9.58. The average molecular weight is 474 g/mol. The molecule has 192 valence electrons. The van der Waals surface area contributed by atoms with Crippen molar-refractivity contribution >= 4 is 5.97 Å². The molecule has 0 radical (unpaired) electrons. The van der Waals surface area contributed by atoms with Gasteiger partial charge in [0.05, 0.1) is 4.92 Å². The number of hydrogen-bond donors (Lipinski definition) is 0. The average Bonchev–Trinajstić information content (AvgIpc) is 3.10. The maximum atomic E-state index is 12.3. The molecule has 5 heteroatoms. The van der Waals surface area contributed by atoms with Crippen molar-refractivity contribution < 1.29 is 14.5 Å². The number of fused-ring (bicyclic) bond motifs is 5. The molecule has 0 aromatic rings. The molecule has 4 aliphatic carbocycles. The number of nitro groups is 1. The lowest BCUT2D eigenvalue weighted by molar-refractivity contribution is -0.434.